The number of furan rings is 2. The number of nitrogens with one attached hydrogen (secondary N) is 1. The summed E-state index contributed by atoms with van der Waals surface area (Å²) in [6.45, 7) is 3.67. The Bertz CT molecular complexity index is 1220. The van der Waals surface area contributed by atoms with Crippen LogP contribution in [0.2, 0.25) is 0 Å². The molecule has 0 saturated heterocycles. The van der Waals surface area contributed by atoms with Crippen molar-refractivity contribution in [2.45, 2.75) is 19.0 Å². The van der Waals surface area contributed by atoms with Gasteiger partial charge in [0.05, 0.1) is 30.6 Å². The molecule has 0 aromatic carbocycles. The van der Waals surface area contributed by atoms with Crippen molar-refractivity contribution in [3.05, 3.63) is 47.4 Å². The van der Waals surface area contributed by atoms with Crippen LogP contribution in [0.4, 0.5) is 5.13 Å². The summed E-state index contributed by atoms with van der Waals surface area (Å²) in [5.41, 5.74) is 1.39. The minimum Gasteiger partial charge on any atom is -0.463 e. The Hall–Kier alpha value is -3.51. The lowest BCUT2D eigenvalue weighted by Crippen LogP contribution is -2.14. The first kappa shape index (κ1) is 21.7. The molecule has 0 bridgehead atoms. The van der Waals surface area contributed by atoms with Gasteiger partial charge in [0.15, 0.2) is 22.3 Å². The zero-order chi connectivity index (χ0) is 22.5. The van der Waals surface area contributed by atoms with Crippen molar-refractivity contribution < 1.29 is 23.2 Å². The highest BCUT2D eigenvalue weighted by Crippen LogP contribution is 2.30. The number of carbonyl (C=O) groups is 2. The highest BCUT2D eigenvalue weighted by molar-refractivity contribution is 7.99. The zero-order valence-corrected chi connectivity index (χ0v) is 18.7. The largest absolute Gasteiger partial charge is 0.463 e. The molecule has 0 fully saturated rings. The van der Waals surface area contributed by atoms with Crippen LogP contribution in [-0.4, -0.2) is 44.4 Å². The van der Waals surface area contributed by atoms with E-state index in [0.29, 0.717) is 43.8 Å². The van der Waals surface area contributed by atoms with Gasteiger partial charge in [-0.25, -0.2) is 14.8 Å². The maximum atomic E-state index is 12.4. The Morgan fingerprint density at radius 2 is 1.81 bits per heavy atom. The summed E-state index contributed by atoms with van der Waals surface area (Å²) in [6.07, 6.45) is 3.06. The fourth-order valence-corrected chi connectivity index (χ4v) is 4.12. The standard InChI is InChI=1S/C20H17N5O5S2/c1-3-28-18(27)17-11(2)21-19(32-17)22-14(26)10-31-20-23-15(12-6-4-8-29-12)16(24-25-20)13-7-5-9-30-13/h4-9H,3,10H2,1-2H3,(H,21,22,26). The third-order valence-corrected chi connectivity index (χ3v) is 5.90. The summed E-state index contributed by atoms with van der Waals surface area (Å²) in [4.78, 5) is 33.3. The lowest BCUT2D eigenvalue weighted by molar-refractivity contribution is -0.113. The van der Waals surface area contributed by atoms with Crippen LogP contribution >= 0.6 is 23.1 Å². The Morgan fingerprint density at radius 1 is 1.09 bits per heavy atom. The van der Waals surface area contributed by atoms with Gasteiger partial charge >= 0.3 is 5.97 Å². The van der Waals surface area contributed by atoms with Gasteiger partial charge in [0.25, 0.3) is 0 Å². The molecule has 0 saturated carbocycles. The third-order valence-electron chi connectivity index (χ3n) is 4.01. The van der Waals surface area contributed by atoms with Crippen molar-refractivity contribution in [2.75, 3.05) is 17.7 Å². The van der Waals surface area contributed by atoms with Crippen LogP contribution in [0.25, 0.3) is 22.9 Å². The van der Waals surface area contributed by atoms with Crippen molar-refractivity contribution in [3.8, 4) is 22.9 Å². The van der Waals surface area contributed by atoms with Gasteiger partial charge in [-0.3, -0.25) is 4.79 Å². The molecule has 4 aromatic heterocycles. The van der Waals surface area contributed by atoms with Crippen LogP contribution < -0.4 is 5.32 Å². The van der Waals surface area contributed by atoms with Crippen molar-refractivity contribution in [2.24, 2.45) is 0 Å². The summed E-state index contributed by atoms with van der Waals surface area (Å²) in [6, 6.07) is 6.98. The number of rotatable bonds is 8. The molecule has 1 N–H and O–H groups in total. The van der Waals surface area contributed by atoms with Crippen LogP contribution in [0.15, 0.2) is 50.8 Å². The zero-order valence-electron chi connectivity index (χ0n) is 17.0. The first-order valence-corrected chi connectivity index (χ1v) is 11.2. The number of nitrogens with zero attached hydrogens (tertiary/aromatic N) is 4. The molecule has 4 heterocycles. The number of aryl methyl sites for hydroxylation is 1. The molecule has 0 aliphatic rings. The summed E-state index contributed by atoms with van der Waals surface area (Å²) in [7, 11) is 0. The molecule has 0 spiro atoms. The summed E-state index contributed by atoms with van der Waals surface area (Å²) in [5, 5.41) is 11.6. The normalized spacial score (nSPS) is 10.8. The number of hydrogen-bond acceptors (Lipinski definition) is 11. The van der Waals surface area contributed by atoms with Gasteiger partial charge in [0, 0.05) is 0 Å². The van der Waals surface area contributed by atoms with Crippen molar-refractivity contribution in [1.82, 2.24) is 20.2 Å². The monoisotopic (exact) mass is 471 g/mol. The van der Waals surface area contributed by atoms with E-state index in [2.05, 4.69) is 25.5 Å². The quantitative estimate of drug-likeness (QED) is 0.296. The van der Waals surface area contributed by atoms with Crippen LogP contribution in [0.1, 0.15) is 22.3 Å². The first-order chi connectivity index (χ1) is 15.5. The number of thioether (sulfide) groups is 1. The molecule has 0 radical (unpaired) electrons. The molecule has 0 unspecified atom stereocenters. The van der Waals surface area contributed by atoms with Crippen LogP contribution in [0, 0.1) is 6.92 Å². The predicted octanol–water partition coefficient (Wildman–Crippen LogP) is 4.06. The van der Waals surface area contributed by atoms with E-state index in [0.717, 1.165) is 23.1 Å². The number of carbonyl (C=O) groups excluding carboxylic acids is 2. The van der Waals surface area contributed by atoms with E-state index < -0.39 is 5.97 Å². The van der Waals surface area contributed by atoms with Crippen LogP contribution in [0.5, 0.6) is 0 Å². The Labute approximate surface area is 190 Å². The molecular weight excluding hydrogens is 454 g/mol. The minimum absolute atomic E-state index is 0.0206. The smallest absolute Gasteiger partial charge is 0.350 e. The third kappa shape index (κ3) is 4.86. The van der Waals surface area contributed by atoms with E-state index in [1.165, 1.54) is 12.5 Å². The lowest BCUT2D eigenvalue weighted by atomic mass is 10.2. The SMILES string of the molecule is CCOC(=O)c1sc(NC(=O)CSc2nnc(-c3ccco3)c(-c3ccco3)n2)nc1C. The lowest BCUT2D eigenvalue weighted by Gasteiger charge is -2.05. The Morgan fingerprint density at radius 3 is 2.47 bits per heavy atom. The number of hydrogen-bond donors (Lipinski definition) is 1. The van der Waals surface area contributed by atoms with Crippen molar-refractivity contribution >= 4 is 40.1 Å². The van der Waals surface area contributed by atoms with E-state index in [4.69, 9.17) is 13.6 Å². The van der Waals surface area contributed by atoms with Crippen molar-refractivity contribution in [1.29, 1.82) is 0 Å². The average Bonchev–Trinajstić information content (AvgIpc) is 3.54. The molecule has 4 rings (SSSR count). The maximum Gasteiger partial charge on any atom is 0.350 e. The number of amides is 1. The molecule has 12 heteroatoms. The summed E-state index contributed by atoms with van der Waals surface area (Å²) in [5.74, 6) is 0.244. The van der Waals surface area contributed by atoms with Crippen LogP contribution in [0.3, 0.4) is 0 Å². The molecule has 0 aliphatic heterocycles. The predicted molar refractivity (Wildman–Crippen MR) is 117 cm³/mol. The average molecular weight is 472 g/mol. The molecule has 1 amide bonds. The molecule has 0 aliphatic carbocycles. The van der Waals surface area contributed by atoms with E-state index in [-0.39, 0.29) is 18.3 Å². The molecular formula is C20H17N5O5S2. The minimum atomic E-state index is -0.459. The second-order valence-corrected chi connectivity index (χ2v) is 8.18. The maximum absolute atomic E-state index is 12.4. The topological polar surface area (TPSA) is 133 Å². The van der Waals surface area contributed by atoms with Gasteiger partial charge in [-0.2, -0.15) is 0 Å². The Kier molecular flexibility index (Phi) is 6.61. The van der Waals surface area contributed by atoms with Crippen molar-refractivity contribution in [3.63, 3.8) is 0 Å². The van der Waals surface area contributed by atoms with E-state index in [1.807, 2.05) is 0 Å². The fourth-order valence-electron chi connectivity index (χ4n) is 2.66. The second-order valence-electron chi connectivity index (χ2n) is 6.24. The number of anilines is 1. The molecule has 164 valence electrons. The summed E-state index contributed by atoms with van der Waals surface area (Å²) >= 11 is 2.17. The van der Waals surface area contributed by atoms with E-state index in [9.17, 15) is 9.59 Å². The van der Waals surface area contributed by atoms with E-state index >= 15 is 0 Å². The highest BCUT2D eigenvalue weighted by Gasteiger charge is 2.20. The number of aromatic nitrogens is 4. The Balaban J connectivity index is 1.45. The molecule has 4 aromatic rings. The number of esters is 1. The van der Waals surface area contributed by atoms with Gasteiger partial charge in [-0.05, 0) is 38.1 Å². The number of thiazole rings is 1. The summed E-state index contributed by atoms with van der Waals surface area (Å²) < 4.78 is 15.9. The fraction of sp³-hybridized carbons (Fsp3) is 0.200. The molecule has 0 atom stereocenters. The molecule has 10 nitrogen and oxygen atoms in total. The van der Waals surface area contributed by atoms with Gasteiger partial charge in [0.2, 0.25) is 11.1 Å². The number of ether oxygens (including phenoxy) is 1. The molecule has 32 heavy (non-hydrogen) atoms. The van der Waals surface area contributed by atoms with Gasteiger partial charge < -0.3 is 18.9 Å². The van der Waals surface area contributed by atoms with Gasteiger partial charge in [-0.15, -0.1) is 10.2 Å². The second kappa shape index (κ2) is 9.75. The van der Waals surface area contributed by atoms with Gasteiger partial charge in [0.1, 0.15) is 10.6 Å². The first-order valence-electron chi connectivity index (χ1n) is 9.44. The van der Waals surface area contributed by atoms with Crippen LogP contribution in [-0.2, 0) is 9.53 Å². The van der Waals surface area contributed by atoms with Gasteiger partial charge in [-0.1, -0.05) is 23.1 Å². The van der Waals surface area contributed by atoms with E-state index in [1.54, 1.807) is 38.1 Å². The highest BCUT2D eigenvalue weighted by atomic mass is 32.2.